The highest BCUT2D eigenvalue weighted by Crippen LogP contribution is 2.26. The first-order valence-electron chi connectivity index (χ1n) is 7.55. The van der Waals surface area contributed by atoms with Crippen molar-refractivity contribution >= 4 is 11.9 Å². The topological polar surface area (TPSA) is 61.4 Å². The molecule has 108 valence electrons. The van der Waals surface area contributed by atoms with Gasteiger partial charge in [-0.2, -0.15) is 0 Å². The fourth-order valence-electron chi connectivity index (χ4n) is 2.99. The summed E-state index contributed by atoms with van der Waals surface area (Å²) in [6, 6.07) is -0.217. The summed E-state index contributed by atoms with van der Waals surface area (Å²) in [6.45, 7) is 2.51. The van der Waals surface area contributed by atoms with Gasteiger partial charge >= 0.3 is 6.03 Å². The van der Waals surface area contributed by atoms with Gasteiger partial charge in [0.15, 0.2) is 0 Å². The minimum absolute atomic E-state index is 0.0310. The number of urea groups is 1. The SMILES string of the molecule is O=C(NCCC1CCCC1)NCC(=O)N1CCCC1. The predicted molar refractivity (Wildman–Crippen MR) is 73.8 cm³/mol. The fraction of sp³-hybridized carbons (Fsp3) is 0.857. The first-order valence-corrected chi connectivity index (χ1v) is 7.55. The Morgan fingerprint density at radius 1 is 1.00 bits per heavy atom. The second-order valence-electron chi connectivity index (χ2n) is 5.64. The molecule has 0 spiro atoms. The molecule has 1 aliphatic heterocycles. The Hall–Kier alpha value is -1.26. The van der Waals surface area contributed by atoms with Gasteiger partial charge in [0.1, 0.15) is 0 Å². The molecule has 0 radical (unpaired) electrons. The zero-order valence-electron chi connectivity index (χ0n) is 11.6. The second kappa shape index (κ2) is 7.36. The second-order valence-corrected chi connectivity index (χ2v) is 5.64. The van der Waals surface area contributed by atoms with Crippen LogP contribution < -0.4 is 10.6 Å². The van der Waals surface area contributed by atoms with Crippen molar-refractivity contribution in [2.24, 2.45) is 5.92 Å². The fourth-order valence-corrected chi connectivity index (χ4v) is 2.99. The third-order valence-electron chi connectivity index (χ3n) is 4.17. The number of nitrogens with one attached hydrogen (secondary N) is 2. The zero-order valence-corrected chi connectivity index (χ0v) is 11.6. The number of likely N-dealkylation sites (tertiary alicyclic amines) is 1. The molecule has 1 saturated heterocycles. The van der Waals surface area contributed by atoms with Crippen molar-refractivity contribution in [2.75, 3.05) is 26.2 Å². The minimum Gasteiger partial charge on any atom is -0.341 e. The quantitative estimate of drug-likeness (QED) is 0.792. The molecule has 2 fully saturated rings. The minimum atomic E-state index is -0.217. The van der Waals surface area contributed by atoms with E-state index >= 15 is 0 Å². The molecule has 0 atom stereocenters. The zero-order chi connectivity index (χ0) is 13.5. The number of hydrogen-bond donors (Lipinski definition) is 2. The van der Waals surface area contributed by atoms with Crippen molar-refractivity contribution in [1.82, 2.24) is 15.5 Å². The van der Waals surface area contributed by atoms with Gasteiger partial charge < -0.3 is 15.5 Å². The van der Waals surface area contributed by atoms with Crippen molar-refractivity contribution in [3.63, 3.8) is 0 Å². The molecule has 0 bridgehead atoms. The van der Waals surface area contributed by atoms with Crippen LogP contribution >= 0.6 is 0 Å². The number of rotatable bonds is 5. The van der Waals surface area contributed by atoms with Crippen molar-refractivity contribution < 1.29 is 9.59 Å². The molecule has 5 heteroatoms. The molecular weight excluding hydrogens is 242 g/mol. The Morgan fingerprint density at radius 2 is 1.68 bits per heavy atom. The van der Waals surface area contributed by atoms with E-state index in [9.17, 15) is 9.59 Å². The standard InChI is InChI=1S/C14H25N3O2/c18-13(17-9-3-4-10-17)11-16-14(19)15-8-7-12-5-1-2-6-12/h12H,1-11H2,(H2,15,16,19). The van der Waals surface area contributed by atoms with E-state index in [0.717, 1.165) is 38.3 Å². The highest BCUT2D eigenvalue weighted by molar-refractivity contribution is 5.84. The Bertz CT molecular complexity index is 308. The van der Waals surface area contributed by atoms with Crippen LogP contribution in [-0.4, -0.2) is 43.0 Å². The van der Waals surface area contributed by atoms with Crippen molar-refractivity contribution in [1.29, 1.82) is 0 Å². The summed E-state index contributed by atoms with van der Waals surface area (Å²) in [7, 11) is 0. The number of nitrogens with zero attached hydrogens (tertiary/aromatic N) is 1. The van der Waals surface area contributed by atoms with Crippen molar-refractivity contribution in [3.05, 3.63) is 0 Å². The highest BCUT2D eigenvalue weighted by Gasteiger charge is 2.18. The van der Waals surface area contributed by atoms with Crippen LogP contribution in [0, 0.1) is 5.92 Å². The monoisotopic (exact) mass is 267 g/mol. The van der Waals surface area contributed by atoms with E-state index in [-0.39, 0.29) is 18.5 Å². The van der Waals surface area contributed by atoms with Crippen molar-refractivity contribution in [2.45, 2.75) is 44.9 Å². The average molecular weight is 267 g/mol. The van der Waals surface area contributed by atoms with E-state index in [4.69, 9.17) is 0 Å². The predicted octanol–water partition coefficient (Wildman–Crippen LogP) is 1.49. The summed E-state index contributed by atoms with van der Waals surface area (Å²) in [6.07, 6.45) is 8.50. The molecule has 3 amide bonds. The third kappa shape index (κ3) is 4.73. The molecule has 2 aliphatic rings. The first-order chi connectivity index (χ1) is 9.25. The maximum atomic E-state index is 11.7. The van der Waals surface area contributed by atoms with E-state index in [0.29, 0.717) is 6.54 Å². The van der Waals surface area contributed by atoms with Gasteiger partial charge in [-0.1, -0.05) is 25.7 Å². The number of carbonyl (C=O) groups is 2. The highest BCUT2D eigenvalue weighted by atomic mass is 16.2. The van der Waals surface area contributed by atoms with E-state index < -0.39 is 0 Å². The smallest absolute Gasteiger partial charge is 0.315 e. The molecule has 2 rings (SSSR count). The first kappa shape index (κ1) is 14.2. The summed E-state index contributed by atoms with van der Waals surface area (Å²) in [4.78, 5) is 25.1. The van der Waals surface area contributed by atoms with Crippen LogP contribution in [0.3, 0.4) is 0 Å². The van der Waals surface area contributed by atoms with Crippen LogP contribution in [0.25, 0.3) is 0 Å². The van der Waals surface area contributed by atoms with Gasteiger partial charge in [0.2, 0.25) is 5.91 Å². The molecule has 0 aromatic rings. The summed E-state index contributed by atoms with van der Waals surface area (Å²) in [5.74, 6) is 0.815. The van der Waals surface area contributed by atoms with Crippen LogP contribution in [-0.2, 0) is 4.79 Å². The molecule has 2 N–H and O–H groups in total. The molecule has 0 unspecified atom stereocenters. The molecule has 19 heavy (non-hydrogen) atoms. The van der Waals surface area contributed by atoms with Gasteiger partial charge in [0.25, 0.3) is 0 Å². The van der Waals surface area contributed by atoms with Gasteiger partial charge in [0, 0.05) is 19.6 Å². The van der Waals surface area contributed by atoms with Gasteiger partial charge in [0.05, 0.1) is 6.54 Å². The molecule has 0 aromatic heterocycles. The van der Waals surface area contributed by atoms with Gasteiger partial charge in [-0.15, -0.1) is 0 Å². The lowest BCUT2D eigenvalue weighted by molar-refractivity contribution is -0.128. The maximum absolute atomic E-state index is 11.7. The largest absolute Gasteiger partial charge is 0.341 e. The van der Waals surface area contributed by atoms with E-state index in [1.54, 1.807) is 0 Å². The third-order valence-corrected chi connectivity index (χ3v) is 4.17. The summed E-state index contributed by atoms with van der Waals surface area (Å²) < 4.78 is 0. The van der Waals surface area contributed by atoms with E-state index in [2.05, 4.69) is 10.6 Å². The van der Waals surface area contributed by atoms with E-state index in [1.807, 2.05) is 4.90 Å². The van der Waals surface area contributed by atoms with Crippen LogP contribution in [0.2, 0.25) is 0 Å². The Balaban J connectivity index is 1.52. The van der Waals surface area contributed by atoms with Crippen LogP contribution in [0.5, 0.6) is 0 Å². The summed E-state index contributed by atoms with van der Waals surface area (Å²) in [5, 5.41) is 5.48. The average Bonchev–Trinajstić information content (AvgIpc) is 3.08. The van der Waals surface area contributed by atoms with Gasteiger partial charge in [-0.05, 0) is 25.2 Å². The Morgan fingerprint density at radius 3 is 2.37 bits per heavy atom. The number of hydrogen-bond acceptors (Lipinski definition) is 2. The molecule has 1 heterocycles. The molecule has 5 nitrogen and oxygen atoms in total. The van der Waals surface area contributed by atoms with Crippen molar-refractivity contribution in [3.8, 4) is 0 Å². The normalized spacial score (nSPS) is 19.7. The molecule has 0 aromatic carbocycles. The summed E-state index contributed by atoms with van der Waals surface area (Å²) in [5.41, 5.74) is 0. The number of amides is 3. The van der Waals surface area contributed by atoms with Crippen LogP contribution in [0.15, 0.2) is 0 Å². The van der Waals surface area contributed by atoms with Crippen LogP contribution in [0.1, 0.15) is 44.9 Å². The maximum Gasteiger partial charge on any atom is 0.315 e. The Kier molecular flexibility index (Phi) is 5.48. The van der Waals surface area contributed by atoms with E-state index in [1.165, 1.54) is 25.7 Å². The lowest BCUT2D eigenvalue weighted by Gasteiger charge is -2.16. The van der Waals surface area contributed by atoms with Gasteiger partial charge in [-0.3, -0.25) is 4.79 Å². The molecular formula is C14H25N3O2. The molecule has 1 aliphatic carbocycles. The Labute approximate surface area is 115 Å². The number of carbonyl (C=O) groups excluding carboxylic acids is 2. The van der Waals surface area contributed by atoms with Gasteiger partial charge in [-0.25, -0.2) is 4.79 Å². The molecule has 1 saturated carbocycles. The lowest BCUT2D eigenvalue weighted by atomic mass is 10.0. The van der Waals surface area contributed by atoms with Crippen LogP contribution in [0.4, 0.5) is 4.79 Å². The summed E-state index contributed by atoms with van der Waals surface area (Å²) >= 11 is 0. The lowest BCUT2D eigenvalue weighted by Crippen LogP contribution is -2.43.